The highest BCUT2D eigenvalue weighted by atomic mass is 16.5. The number of fused-ring (bicyclic) bond motifs is 1. The normalized spacial score (nSPS) is 15.0. The molecule has 0 radical (unpaired) electrons. The molecule has 0 saturated heterocycles. The van der Waals surface area contributed by atoms with E-state index in [1.807, 2.05) is 29.1 Å². The van der Waals surface area contributed by atoms with Crippen LogP contribution in [0.4, 0.5) is 0 Å². The van der Waals surface area contributed by atoms with Crippen LogP contribution >= 0.6 is 0 Å². The lowest BCUT2D eigenvalue weighted by molar-refractivity contribution is 0.132. The van der Waals surface area contributed by atoms with Gasteiger partial charge < -0.3 is 20.1 Å². The highest BCUT2D eigenvalue weighted by Gasteiger charge is 2.32. The summed E-state index contributed by atoms with van der Waals surface area (Å²) in [5.41, 5.74) is 1.05. The fourth-order valence-electron chi connectivity index (χ4n) is 3.23. The first kappa shape index (κ1) is 20.0. The van der Waals surface area contributed by atoms with Gasteiger partial charge >= 0.3 is 0 Å². The van der Waals surface area contributed by atoms with E-state index < -0.39 is 0 Å². The molecule has 0 amide bonds. The Bertz CT molecular complexity index is 771. The van der Waals surface area contributed by atoms with Crippen LogP contribution < -0.4 is 20.1 Å². The molecule has 1 aliphatic rings. The van der Waals surface area contributed by atoms with E-state index in [1.165, 1.54) is 5.56 Å². The van der Waals surface area contributed by atoms with Gasteiger partial charge in [0, 0.05) is 44.0 Å². The predicted molar refractivity (Wildman–Crippen MR) is 111 cm³/mol. The first-order valence-electron chi connectivity index (χ1n) is 10.0. The molecule has 1 aliphatic heterocycles. The van der Waals surface area contributed by atoms with E-state index in [0.29, 0.717) is 13.2 Å². The number of hydrogen-bond acceptors (Lipinski definition) is 4. The molecule has 0 unspecified atom stereocenters. The van der Waals surface area contributed by atoms with E-state index in [0.717, 1.165) is 49.9 Å². The molecule has 0 saturated carbocycles. The molecule has 3 rings (SSSR count). The summed E-state index contributed by atoms with van der Waals surface area (Å²) >= 11 is 0. The zero-order valence-corrected chi connectivity index (χ0v) is 17.1. The number of rotatable bonds is 9. The molecule has 7 heteroatoms. The molecule has 28 heavy (non-hydrogen) atoms. The Morgan fingerprint density at radius 1 is 1.32 bits per heavy atom. The van der Waals surface area contributed by atoms with Gasteiger partial charge in [0.25, 0.3) is 0 Å². The molecule has 152 valence electrons. The van der Waals surface area contributed by atoms with Crippen molar-refractivity contribution in [3.8, 4) is 11.5 Å². The Morgan fingerprint density at radius 3 is 3.00 bits per heavy atom. The summed E-state index contributed by atoms with van der Waals surface area (Å²) in [6.45, 7) is 9.90. The predicted octanol–water partition coefficient (Wildman–Crippen LogP) is 2.62. The topological polar surface area (TPSA) is 72.7 Å². The van der Waals surface area contributed by atoms with Gasteiger partial charge in [0.1, 0.15) is 12.2 Å². The van der Waals surface area contributed by atoms with E-state index in [9.17, 15) is 0 Å². The maximum absolute atomic E-state index is 6.05. The lowest BCUT2D eigenvalue weighted by Crippen LogP contribution is -2.39. The number of aryl methyl sites for hydroxylation is 1. The first-order valence-corrected chi connectivity index (χ1v) is 10.0. The minimum atomic E-state index is -0.166. The van der Waals surface area contributed by atoms with E-state index in [-0.39, 0.29) is 5.60 Å². The number of guanidine groups is 1. The second-order valence-corrected chi connectivity index (χ2v) is 7.44. The standard InChI is InChI=1S/C21H31N5O2/c1-4-22-20(23-10-6-13-26-14-7-11-25-26)24-12-15-27-18-9-5-8-17-16-21(2,3)28-19(17)18/h5,7-9,11,14H,4,6,10,12-13,15-16H2,1-3H3,(H2,22,23,24). The third-order valence-corrected chi connectivity index (χ3v) is 4.43. The Labute approximate surface area is 167 Å². The van der Waals surface area contributed by atoms with E-state index in [2.05, 4.69) is 47.6 Å². The zero-order chi connectivity index (χ0) is 19.8. The summed E-state index contributed by atoms with van der Waals surface area (Å²) in [6.07, 6.45) is 5.62. The second kappa shape index (κ2) is 9.48. The first-order chi connectivity index (χ1) is 13.6. The highest BCUT2D eigenvalue weighted by Crippen LogP contribution is 2.41. The van der Waals surface area contributed by atoms with E-state index in [1.54, 1.807) is 6.20 Å². The van der Waals surface area contributed by atoms with Gasteiger partial charge in [-0.25, -0.2) is 0 Å². The van der Waals surface area contributed by atoms with Crippen molar-refractivity contribution < 1.29 is 9.47 Å². The van der Waals surface area contributed by atoms with Gasteiger partial charge in [-0.1, -0.05) is 12.1 Å². The Hall–Kier alpha value is -2.70. The van der Waals surface area contributed by atoms with E-state index >= 15 is 0 Å². The van der Waals surface area contributed by atoms with Gasteiger partial charge in [-0.15, -0.1) is 0 Å². The maximum Gasteiger partial charge on any atom is 0.191 e. The zero-order valence-electron chi connectivity index (χ0n) is 17.1. The molecule has 7 nitrogen and oxygen atoms in total. The van der Waals surface area contributed by atoms with Crippen molar-refractivity contribution in [2.75, 3.05) is 26.2 Å². The lowest BCUT2D eigenvalue weighted by Gasteiger charge is -2.18. The summed E-state index contributed by atoms with van der Waals surface area (Å²) in [5.74, 6) is 2.50. The summed E-state index contributed by atoms with van der Waals surface area (Å²) in [7, 11) is 0. The number of benzene rings is 1. The Morgan fingerprint density at radius 2 is 2.21 bits per heavy atom. The third-order valence-electron chi connectivity index (χ3n) is 4.43. The molecule has 0 fully saturated rings. The average molecular weight is 386 g/mol. The molecular weight excluding hydrogens is 354 g/mol. The molecule has 2 N–H and O–H groups in total. The van der Waals surface area contributed by atoms with Crippen LogP contribution in [-0.2, 0) is 13.0 Å². The molecule has 0 bridgehead atoms. The molecule has 2 aromatic rings. The van der Waals surface area contributed by atoms with Gasteiger partial charge in [-0.05, 0) is 39.3 Å². The summed E-state index contributed by atoms with van der Waals surface area (Å²) in [6, 6.07) is 8.03. The van der Waals surface area contributed by atoms with Crippen LogP contribution in [0.15, 0.2) is 41.7 Å². The van der Waals surface area contributed by atoms with E-state index in [4.69, 9.17) is 9.47 Å². The maximum atomic E-state index is 6.05. The van der Waals surface area contributed by atoms with Crippen molar-refractivity contribution in [2.45, 2.75) is 45.8 Å². The van der Waals surface area contributed by atoms with Crippen molar-refractivity contribution in [1.29, 1.82) is 0 Å². The van der Waals surface area contributed by atoms with Crippen molar-refractivity contribution in [3.63, 3.8) is 0 Å². The third kappa shape index (κ3) is 5.65. The minimum Gasteiger partial charge on any atom is -0.488 e. The molecule has 0 spiro atoms. The smallest absolute Gasteiger partial charge is 0.191 e. The Balaban J connectivity index is 1.43. The SMILES string of the molecule is CCNC(=NCCCn1cccn1)NCCOc1cccc2c1OC(C)(C)C2. The van der Waals surface area contributed by atoms with Crippen molar-refractivity contribution in [3.05, 3.63) is 42.2 Å². The number of nitrogens with one attached hydrogen (secondary N) is 2. The van der Waals surface area contributed by atoms with Gasteiger partial charge in [0.2, 0.25) is 0 Å². The van der Waals surface area contributed by atoms with Crippen LogP contribution in [-0.4, -0.2) is 47.6 Å². The second-order valence-electron chi connectivity index (χ2n) is 7.44. The Kier molecular flexibility index (Phi) is 6.79. The molecule has 0 aliphatic carbocycles. The molecule has 0 atom stereocenters. The molecule has 2 heterocycles. The molecule has 1 aromatic heterocycles. The van der Waals surface area contributed by atoms with Crippen molar-refractivity contribution in [1.82, 2.24) is 20.4 Å². The number of aliphatic imine (C=N–C) groups is 1. The van der Waals surface area contributed by atoms with Crippen LogP contribution in [0.25, 0.3) is 0 Å². The number of nitrogens with zero attached hydrogens (tertiary/aromatic N) is 3. The van der Waals surface area contributed by atoms with Crippen LogP contribution in [0, 0.1) is 0 Å². The summed E-state index contributed by atoms with van der Waals surface area (Å²) in [4.78, 5) is 4.61. The van der Waals surface area contributed by atoms with Crippen molar-refractivity contribution >= 4 is 5.96 Å². The number of para-hydroxylation sites is 1. The van der Waals surface area contributed by atoms with Crippen LogP contribution in [0.5, 0.6) is 11.5 Å². The molecular formula is C21H31N5O2. The summed E-state index contributed by atoms with van der Waals surface area (Å²) in [5, 5.41) is 10.8. The van der Waals surface area contributed by atoms with Crippen LogP contribution in [0.3, 0.4) is 0 Å². The summed E-state index contributed by atoms with van der Waals surface area (Å²) < 4.78 is 13.9. The fourth-order valence-corrected chi connectivity index (χ4v) is 3.23. The lowest BCUT2D eigenvalue weighted by atomic mass is 10.0. The van der Waals surface area contributed by atoms with Crippen LogP contribution in [0.1, 0.15) is 32.8 Å². The number of ether oxygens (including phenoxy) is 2. The fraction of sp³-hybridized carbons (Fsp3) is 0.524. The van der Waals surface area contributed by atoms with Crippen LogP contribution in [0.2, 0.25) is 0 Å². The highest BCUT2D eigenvalue weighted by molar-refractivity contribution is 5.79. The van der Waals surface area contributed by atoms with Gasteiger partial charge in [-0.2, -0.15) is 5.10 Å². The van der Waals surface area contributed by atoms with Gasteiger partial charge in [0.05, 0.1) is 6.54 Å². The number of aromatic nitrogens is 2. The quantitative estimate of drug-likeness (QED) is 0.394. The van der Waals surface area contributed by atoms with Gasteiger partial charge in [-0.3, -0.25) is 9.67 Å². The largest absolute Gasteiger partial charge is 0.488 e. The molecule has 1 aromatic carbocycles. The van der Waals surface area contributed by atoms with Crippen molar-refractivity contribution in [2.24, 2.45) is 4.99 Å². The minimum absolute atomic E-state index is 0.166. The number of hydrogen-bond donors (Lipinski definition) is 2. The monoisotopic (exact) mass is 385 g/mol. The average Bonchev–Trinajstić information content (AvgIpc) is 3.28. The van der Waals surface area contributed by atoms with Gasteiger partial charge in [0.15, 0.2) is 17.5 Å².